The number of benzene rings is 1. The number of hydrogen-bond acceptors (Lipinski definition) is 6. The van der Waals surface area contributed by atoms with Crippen molar-refractivity contribution < 1.29 is 29.0 Å². The van der Waals surface area contributed by atoms with Gasteiger partial charge >= 0.3 is 12.0 Å². The van der Waals surface area contributed by atoms with Crippen molar-refractivity contribution in [2.75, 3.05) is 39.4 Å². The molecule has 3 rings (SSSR count). The second-order valence-corrected chi connectivity index (χ2v) is 8.29. The maximum absolute atomic E-state index is 13.4. The number of carboxylic acids is 1. The number of piperazine rings is 1. The lowest BCUT2D eigenvalue weighted by Gasteiger charge is -2.54. The van der Waals surface area contributed by atoms with E-state index in [1.165, 1.54) is 19.8 Å². The standard InChI is InChI=1S/C25H29N5O6/c1-3-12-28-18-22(31)29-20(10-11-23(32)33)24(34)27(13-15-36-14-4-2)17-21(29)30(28)25(35)26-16-19-8-6-5-7-9-19/h1-2,5-9,20-21H,10-18H2,(H,26,35)(H,32,33)/t20-,21-/m0/s1. The van der Waals surface area contributed by atoms with Crippen LogP contribution in [0.25, 0.3) is 0 Å². The number of nitrogens with zero attached hydrogens (tertiary/aromatic N) is 4. The van der Waals surface area contributed by atoms with E-state index in [1.807, 2.05) is 30.3 Å². The number of fused-ring (bicyclic) bond motifs is 1. The number of ether oxygens (including phenoxy) is 1. The monoisotopic (exact) mass is 495 g/mol. The molecule has 0 aromatic heterocycles. The summed E-state index contributed by atoms with van der Waals surface area (Å²) in [5.41, 5.74) is 0.879. The molecule has 2 atom stereocenters. The van der Waals surface area contributed by atoms with Crippen molar-refractivity contribution in [3.05, 3.63) is 35.9 Å². The molecule has 36 heavy (non-hydrogen) atoms. The van der Waals surface area contributed by atoms with Gasteiger partial charge in [-0.15, -0.1) is 12.8 Å². The summed E-state index contributed by atoms with van der Waals surface area (Å²) < 4.78 is 5.31. The van der Waals surface area contributed by atoms with Crippen molar-refractivity contribution >= 4 is 23.8 Å². The third-order valence-electron chi connectivity index (χ3n) is 5.92. The van der Waals surface area contributed by atoms with Gasteiger partial charge in [-0.3, -0.25) is 14.4 Å². The highest BCUT2D eigenvalue weighted by Crippen LogP contribution is 2.28. The number of terminal acetylenes is 2. The average Bonchev–Trinajstić information content (AvgIpc) is 2.86. The fraction of sp³-hybridized carbons (Fsp3) is 0.440. The average molecular weight is 496 g/mol. The maximum atomic E-state index is 13.4. The molecule has 0 saturated carbocycles. The summed E-state index contributed by atoms with van der Waals surface area (Å²) >= 11 is 0. The highest BCUT2D eigenvalue weighted by Gasteiger charge is 2.51. The van der Waals surface area contributed by atoms with Crippen LogP contribution in [-0.4, -0.2) is 100 Å². The predicted octanol–water partition coefficient (Wildman–Crippen LogP) is -0.0579. The molecule has 2 aliphatic rings. The number of carbonyl (C=O) groups excluding carboxylic acids is 3. The van der Waals surface area contributed by atoms with E-state index in [2.05, 4.69) is 17.2 Å². The van der Waals surface area contributed by atoms with Crippen LogP contribution in [0.2, 0.25) is 0 Å². The van der Waals surface area contributed by atoms with E-state index < -0.39 is 36.0 Å². The zero-order chi connectivity index (χ0) is 26.1. The number of carbonyl (C=O) groups is 4. The Morgan fingerprint density at radius 2 is 1.92 bits per heavy atom. The first-order chi connectivity index (χ1) is 17.4. The second-order valence-electron chi connectivity index (χ2n) is 8.29. The molecule has 11 nitrogen and oxygen atoms in total. The largest absolute Gasteiger partial charge is 0.481 e. The minimum Gasteiger partial charge on any atom is -0.481 e. The van der Waals surface area contributed by atoms with Gasteiger partial charge in [-0.2, -0.15) is 5.01 Å². The quantitative estimate of drug-likeness (QED) is 0.345. The lowest BCUT2D eigenvalue weighted by Crippen LogP contribution is -2.76. The van der Waals surface area contributed by atoms with Crippen molar-refractivity contribution in [3.8, 4) is 24.7 Å². The highest BCUT2D eigenvalue weighted by atomic mass is 16.5. The van der Waals surface area contributed by atoms with Gasteiger partial charge in [-0.25, -0.2) is 9.80 Å². The molecule has 2 fully saturated rings. The lowest BCUT2D eigenvalue weighted by atomic mass is 10.0. The Kier molecular flexibility index (Phi) is 9.28. The first kappa shape index (κ1) is 26.5. The third kappa shape index (κ3) is 6.33. The van der Waals surface area contributed by atoms with E-state index in [0.29, 0.717) is 0 Å². The zero-order valence-corrected chi connectivity index (χ0v) is 19.8. The molecule has 0 spiro atoms. The van der Waals surface area contributed by atoms with Crippen molar-refractivity contribution in [2.24, 2.45) is 0 Å². The minimum absolute atomic E-state index is 0.00609. The lowest BCUT2D eigenvalue weighted by molar-refractivity contribution is -0.190. The van der Waals surface area contributed by atoms with Gasteiger partial charge < -0.3 is 25.0 Å². The number of amides is 4. The summed E-state index contributed by atoms with van der Waals surface area (Å²) in [6, 6.07) is 7.77. The number of aliphatic carboxylic acids is 1. The van der Waals surface area contributed by atoms with Crippen LogP contribution in [0.4, 0.5) is 4.79 Å². The van der Waals surface area contributed by atoms with E-state index in [-0.39, 0.29) is 58.8 Å². The summed E-state index contributed by atoms with van der Waals surface area (Å²) in [6.45, 7) is 0.408. The molecule has 1 aromatic carbocycles. The number of hydrazine groups is 1. The Morgan fingerprint density at radius 1 is 1.17 bits per heavy atom. The van der Waals surface area contributed by atoms with Crippen LogP contribution in [-0.2, 0) is 25.7 Å². The maximum Gasteiger partial charge on any atom is 0.334 e. The van der Waals surface area contributed by atoms with Crippen molar-refractivity contribution in [1.29, 1.82) is 0 Å². The van der Waals surface area contributed by atoms with E-state index in [9.17, 15) is 24.3 Å². The van der Waals surface area contributed by atoms with Gasteiger partial charge in [-0.1, -0.05) is 42.2 Å². The smallest absolute Gasteiger partial charge is 0.334 e. The number of rotatable bonds is 10. The Balaban J connectivity index is 1.89. The number of hydrogen-bond donors (Lipinski definition) is 2. The molecule has 0 aliphatic carbocycles. The molecular formula is C25H29N5O6. The molecule has 2 aliphatic heterocycles. The van der Waals surface area contributed by atoms with Gasteiger partial charge in [-0.05, 0) is 12.0 Å². The van der Waals surface area contributed by atoms with E-state index >= 15 is 0 Å². The van der Waals surface area contributed by atoms with Gasteiger partial charge in [0.1, 0.15) is 18.8 Å². The van der Waals surface area contributed by atoms with Gasteiger partial charge in [0, 0.05) is 19.5 Å². The van der Waals surface area contributed by atoms with Crippen LogP contribution >= 0.6 is 0 Å². The van der Waals surface area contributed by atoms with Gasteiger partial charge in [0.2, 0.25) is 11.8 Å². The van der Waals surface area contributed by atoms with Crippen LogP contribution in [0.1, 0.15) is 18.4 Å². The number of urea groups is 1. The molecule has 4 amide bonds. The molecule has 190 valence electrons. The van der Waals surface area contributed by atoms with Crippen LogP contribution in [0.15, 0.2) is 30.3 Å². The normalized spacial score (nSPS) is 19.9. The van der Waals surface area contributed by atoms with E-state index in [1.54, 1.807) is 0 Å². The Hall–Kier alpha value is -4.06. The second kappa shape index (κ2) is 12.6. The van der Waals surface area contributed by atoms with Gasteiger partial charge in [0.15, 0.2) is 0 Å². The Labute approximate surface area is 209 Å². The van der Waals surface area contributed by atoms with Gasteiger partial charge in [0.05, 0.1) is 26.2 Å². The molecule has 0 bridgehead atoms. The van der Waals surface area contributed by atoms with Crippen LogP contribution < -0.4 is 5.32 Å². The van der Waals surface area contributed by atoms with Crippen molar-refractivity contribution in [3.63, 3.8) is 0 Å². The summed E-state index contributed by atoms with van der Waals surface area (Å²) in [5.74, 6) is 2.91. The van der Waals surface area contributed by atoms with E-state index in [4.69, 9.17) is 17.6 Å². The molecule has 2 saturated heterocycles. The fourth-order valence-electron chi connectivity index (χ4n) is 4.34. The molecule has 2 N–H and O–H groups in total. The van der Waals surface area contributed by atoms with Crippen LogP contribution in [0.3, 0.4) is 0 Å². The number of carboxylic acid groups (broad SMARTS) is 1. The van der Waals surface area contributed by atoms with Gasteiger partial charge in [0.25, 0.3) is 0 Å². The Bertz CT molecular complexity index is 1050. The zero-order valence-electron chi connectivity index (χ0n) is 19.8. The number of nitrogens with one attached hydrogen (secondary N) is 1. The predicted molar refractivity (Wildman–Crippen MR) is 128 cm³/mol. The van der Waals surface area contributed by atoms with E-state index in [0.717, 1.165) is 5.56 Å². The first-order valence-electron chi connectivity index (χ1n) is 11.5. The SMILES string of the molecule is C#CCOCCN1C[C@H]2N(C(=O)CN(CC#C)N2C(=O)NCc2ccccc2)[C@@H](CCC(=O)O)C1=O. The fourth-order valence-corrected chi connectivity index (χ4v) is 4.34. The summed E-state index contributed by atoms with van der Waals surface area (Å²) in [5, 5.41) is 14.9. The molecule has 0 unspecified atom stereocenters. The summed E-state index contributed by atoms with van der Waals surface area (Å²) in [7, 11) is 0. The van der Waals surface area contributed by atoms with Crippen molar-refractivity contribution in [1.82, 2.24) is 25.1 Å². The third-order valence-corrected chi connectivity index (χ3v) is 5.92. The minimum atomic E-state index is -1.09. The Morgan fingerprint density at radius 3 is 2.58 bits per heavy atom. The first-order valence-corrected chi connectivity index (χ1v) is 11.5. The van der Waals surface area contributed by atoms with Crippen LogP contribution in [0.5, 0.6) is 0 Å². The topological polar surface area (TPSA) is 123 Å². The molecular weight excluding hydrogens is 466 g/mol. The molecule has 0 radical (unpaired) electrons. The van der Waals surface area contributed by atoms with Crippen LogP contribution in [0, 0.1) is 24.7 Å². The molecule has 2 heterocycles. The highest BCUT2D eigenvalue weighted by molar-refractivity contribution is 5.91. The molecule has 11 heteroatoms. The van der Waals surface area contributed by atoms with Crippen molar-refractivity contribution in [2.45, 2.75) is 31.6 Å². The summed E-state index contributed by atoms with van der Waals surface area (Å²) in [4.78, 5) is 53.9. The summed E-state index contributed by atoms with van der Waals surface area (Å²) in [6.07, 6.45) is 9.44. The molecule has 1 aromatic rings.